The van der Waals surface area contributed by atoms with Crippen molar-refractivity contribution in [2.45, 2.75) is 0 Å². The lowest BCUT2D eigenvalue weighted by Crippen LogP contribution is -1.99. The van der Waals surface area contributed by atoms with Gasteiger partial charge in [0.2, 0.25) is 0 Å². The normalized spacial score (nSPS) is 11.4. The molecule has 1 N–H and O–H groups in total. The number of pyridine rings is 1. The average molecular weight is 247 g/mol. The van der Waals surface area contributed by atoms with E-state index in [0.717, 1.165) is 11.4 Å². The van der Waals surface area contributed by atoms with Crippen molar-refractivity contribution in [2.24, 2.45) is 4.99 Å². The molecule has 0 atom stereocenters. The average Bonchev–Trinajstić information content (AvgIpc) is 2.51. The molecule has 92 valence electrons. The molecule has 3 aromatic rings. The molecule has 0 spiro atoms. The van der Waals surface area contributed by atoms with E-state index in [0.29, 0.717) is 0 Å². The van der Waals surface area contributed by atoms with Gasteiger partial charge in [-0.3, -0.25) is 4.98 Å². The second kappa shape index (κ2) is 5.31. The van der Waals surface area contributed by atoms with Crippen LogP contribution < -0.4 is 5.32 Å². The quantitative estimate of drug-likeness (QED) is 0.651. The van der Waals surface area contributed by atoms with Gasteiger partial charge in [-0.1, -0.05) is 30.3 Å². The second-order valence-corrected chi connectivity index (χ2v) is 4.11. The van der Waals surface area contributed by atoms with E-state index in [1.807, 2.05) is 36.4 Å². The summed E-state index contributed by atoms with van der Waals surface area (Å²) in [6.07, 6.45) is 5.23. The van der Waals surface area contributed by atoms with E-state index >= 15 is 0 Å². The first kappa shape index (κ1) is 11.4. The molecule has 0 unspecified atom stereocenters. The Kier molecular flexibility index (Phi) is 3.19. The lowest BCUT2D eigenvalue weighted by Gasteiger charge is -2.12. The van der Waals surface area contributed by atoms with E-state index in [4.69, 9.17) is 0 Å². The van der Waals surface area contributed by atoms with Crippen LogP contribution in [0.3, 0.4) is 0 Å². The maximum absolute atomic E-state index is 4.28. The Morgan fingerprint density at radius 2 is 1.58 bits per heavy atom. The Bertz CT molecular complexity index is 674. The number of aromatic nitrogens is 1. The first-order chi connectivity index (χ1) is 9.45. The van der Waals surface area contributed by atoms with Crippen molar-refractivity contribution in [1.82, 2.24) is 4.98 Å². The number of anilines is 1. The third-order valence-corrected chi connectivity index (χ3v) is 2.87. The molecule has 0 fully saturated rings. The Balaban J connectivity index is 0.000000155. The second-order valence-electron chi connectivity index (χ2n) is 4.11. The number of aliphatic imine (C=N–C) groups is 1. The Hall–Kier alpha value is -2.68. The zero-order valence-corrected chi connectivity index (χ0v) is 10.3. The molecule has 0 saturated heterocycles. The van der Waals surface area contributed by atoms with Crippen LogP contribution in [0.2, 0.25) is 0 Å². The smallest absolute Gasteiger partial charge is 0.0930 e. The van der Waals surface area contributed by atoms with E-state index in [9.17, 15) is 0 Å². The van der Waals surface area contributed by atoms with Crippen LogP contribution in [0, 0.1) is 0 Å². The van der Waals surface area contributed by atoms with Crippen molar-refractivity contribution < 1.29 is 0 Å². The summed E-state index contributed by atoms with van der Waals surface area (Å²) < 4.78 is 0. The zero-order valence-electron chi connectivity index (χ0n) is 10.3. The number of nitrogens with one attached hydrogen (secondary N) is 1. The van der Waals surface area contributed by atoms with Gasteiger partial charge in [-0.25, -0.2) is 4.99 Å². The van der Waals surface area contributed by atoms with E-state index in [2.05, 4.69) is 33.5 Å². The molecule has 19 heavy (non-hydrogen) atoms. The Labute approximate surface area is 111 Å². The first-order valence-electron chi connectivity index (χ1n) is 6.11. The van der Waals surface area contributed by atoms with Gasteiger partial charge in [0.15, 0.2) is 0 Å². The molecule has 0 amide bonds. The monoisotopic (exact) mass is 247 g/mol. The zero-order chi connectivity index (χ0) is 12.9. The summed E-state index contributed by atoms with van der Waals surface area (Å²) in [4.78, 5) is 8.06. The van der Waals surface area contributed by atoms with Crippen LogP contribution in [-0.4, -0.2) is 11.3 Å². The number of nitrogens with zero attached hydrogens (tertiary/aromatic N) is 2. The highest BCUT2D eigenvalue weighted by Gasteiger charge is 2.06. The molecule has 3 nitrogen and oxygen atoms in total. The number of benzene rings is 2. The summed E-state index contributed by atoms with van der Waals surface area (Å²) in [5.41, 5.74) is 2.19. The molecule has 0 radical (unpaired) electrons. The Morgan fingerprint density at radius 3 is 2.26 bits per heavy atom. The van der Waals surface area contributed by atoms with Gasteiger partial charge in [-0.15, -0.1) is 0 Å². The molecular formula is C16H13N3. The fourth-order valence-electron chi connectivity index (χ4n) is 2.03. The number of rotatable bonds is 0. The molecule has 3 heteroatoms. The van der Waals surface area contributed by atoms with Crippen LogP contribution >= 0.6 is 0 Å². The number of hydrogen-bond donors (Lipinski definition) is 1. The van der Waals surface area contributed by atoms with Gasteiger partial charge in [0.25, 0.3) is 0 Å². The lowest BCUT2D eigenvalue weighted by molar-refractivity contribution is 1.33. The molecule has 2 heterocycles. The van der Waals surface area contributed by atoms with Crippen LogP contribution in [0.4, 0.5) is 11.4 Å². The minimum absolute atomic E-state index is 1.05. The molecule has 2 aromatic carbocycles. The van der Waals surface area contributed by atoms with Gasteiger partial charge in [0, 0.05) is 23.5 Å². The summed E-state index contributed by atoms with van der Waals surface area (Å²) in [6, 6.07) is 18.1. The summed E-state index contributed by atoms with van der Waals surface area (Å²) in [7, 11) is 0. The van der Waals surface area contributed by atoms with E-state index in [1.165, 1.54) is 10.8 Å². The third-order valence-electron chi connectivity index (χ3n) is 2.87. The van der Waals surface area contributed by atoms with Crippen molar-refractivity contribution in [2.75, 3.05) is 5.32 Å². The standard InChI is InChI=1S/C11H8N2.C5H5N/c1-3-8-4-2-6-10-11(8)9(5-1)12-7-13-10;1-2-4-6-5-3-1/h1-7H,(H,12,13);1-5H. The number of hydrogen-bond acceptors (Lipinski definition) is 3. The van der Waals surface area contributed by atoms with Crippen molar-refractivity contribution >= 4 is 28.5 Å². The topological polar surface area (TPSA) is 37.3 Å². The molecule has 4 rings (SSSR count). The summed E-state index contributed by atoms with van der Waals surface area (Å²) in [5, 5.41) is 5.59. The molecule has 1 aromatic heterocycles. The van der Waals surface area contributed by atoms with Crippen LogP contribution in [0.1, 0.15) is 0 Å². The van der Waals surface area contributed by atoms with Gasteiger partial charge in [0.1, 0.15) is 0 Å². The van der Waals surface area contributed by atoms with Gasteiger partial charge in [0.05, 0.1) is 12.0 Å². The third kappa shape index (κ3) is 2.45. The highest BCUT2D eigenvalue weighted by Crippen LogP contribution is 2.33. The lowest BCUT2D eigenvalue weighted by atomic mass is 10.1. The van der Waals surface area contributed by atoms with Crippen molar-refractivity contribution in [3.63, 3.8) is 0 Å². The van der Waals surface area contributed by atoms with Gasteiger partial charge in [-0.05, 0) is 29.7 Å². The molecule has 0 bridgehead atoms. The predicted octanol–water partition coefficient (Wildman–Crippen LogP) is 4.01. The first-order valence-corrected chi connectivity index (χ1v) is 6.11. The highest BCUT2D eigenvalue weighted by atomic mass is 15.0. The fraction of sp³-hybridized carbons (Fsp3) is 0. The SMILES string of the molecule is C1=Nc2cccc3cccc(c23)N1.c1ccncc1. The van der Waals surface area contributed by atoms with Gasteiger partial charge >= 0.3 is 0 Å². The van der Waals surface area contributed by atoms with Crippen LogP contribution in [-0.2, 0) is 0 Å². The maximum atomic E-state index is 4.28. The highest BCUT2D eigenvalue weighted by molar-refractivity contribution is 6.08. The maximum Gasteiger partial charge on any atom is 0.0930 e. The molecular weight excluding hydrogens is 234 g/mol. The van der Waals surface area contributed by atoms with E-state index < -0.39 is 0 Å². The van der Waals surface area contributed by atoms with E-state index in [-0.39, 0.29) is 0 Å². The Morgan fingerprint density at radius 1 is 0.789 bits per heavy atom. The van der Waals surface area contributed by atoms with Crippen molar-refractivity contribution in [3.05, 3.63) is 67.0 Å². The van der Waals surface area contributed by atoms with Crippen molar-refractivity contribution in [3.8, 4) is 0 Å². The minimum Gasteiger partial charge on any atom is -0.346 e. The minimum atomic E-state index is 1.05. The largest absolute Gasteiger partial charge is 0.346 e. The molecule has 1 aliphatic heterocycles. The van der Waals surface area contributed by atoms with Crippen LogP contribution in [0.15, 0.2) is 72.0 Å². The molecule has 1 aliphatic rings. The fourth-order valence-corrected chi connectivity index (χ4v) is 2.03. The van der Waals surface area contributed by atoms with E-state index in [1.54, 1.807) is 18.7 Å². The van der Waals surface area contributed by atoms with Gasteiger partial charge < -0.3 is 5.32 Å². The predicted molar refractivity (Wildman–Crippen MR) is 80.0 cm³/mol. The van der Waals surface area contributed by atoms with Gasteiger partial charge in [-0.2, -0.15) is 0 Å². The van der Waals surface area contributed by atoms with Crippen molar-refractivity contribution in [1.29, 1.82) is 0 Å². The molecule has 0 saturated carbocycles. The van der Waals surface area contributed by atoms with Crippen LogP contribution in [0.25, 0.3) is 10.8 Å². The summed E-state index contributed by atoms with van der Waals surface area (Å²) in [6.45, 7) is 0. The summed E-state index contributed by atoms with van der Waals surface area (Å²) >= 11 is 0. The summed E-state index contributed by atoms with van der Waals surface area (Å²) in [5.74, 6) is 0. The van der Waals surface area contributed by atoms with Crippen LogP contribution in [0.5, 0.6) is 0 Å². The molecule has 0 aliphatic carbocycles.